The van der Waals surface area contributed by atoms with Crippen LogP contribution in [-0.4, -0.2) is 5.97 Å². The summed E-state index contributed by atoms with van der Waals surface area (Å²) in [7, 11) is 0. The Hall–Kier alpha value is -3.66. The molecule has 0 saturated heterocycles. The molecule has 1 heterocycles. The van der Waals surface area contributed by atoms with Crippen molar-refractivity contribution < 1.29 is 18.7 Å². The van der Waals surface area contributed by atoms with E-state index in [-0.39, 0.29) is 18.4 Å². The van der Waals surface area contributed by atoms with Crippen LogP contribution in [0, 0.1) is 12.7 Å². The fourth-order valence-electron chi connectivity index (χ4n) is 2.97. The number of esters is 1. The number of benzene rings is 3. The average molecular weight is 386 g/mol. The van der Waals surface area contributed by atoms with Gasteiger partial charge in [0.05, 0.1) is 5.57 Å². The molecular formula is C25H19FO3. The summed E-state index contributed by atoms with van der Waals surface area (Å²) >= 11 is 0. The summed E-state index contributed by atoms with van der Waals surface area (Å²) in [5.74, 6) is 0.511. The number of aryl methyl sites for hydroxylation is 1. The Morgan fingerprint density at radius 2 is 1.69 bits per heavy atom. The van der Waals surface area contributed by atoms with Crippen molar-refractivity contribution in [3.05, 3.63) is 113 Å². The van der Waals surface area contributed by atoms with Crippen molar-refractivity contribution in [1.29, 1.82) is 0 Å². The highest BCUT2D eigenvalue weighted by atomic mass is 19.1. The molecule has 0 spiro atoms. The fourth-order valence-corrected chi connectivity index (χ4v) is 2.97. The molecule has 3 aromatic rings. The number of carbonyl (C=O) groups is 1. The number of halogens is 1. The molecule has 0 N–H and O–H groups in total. The van der Waals surface area contributed by atoms with Crippen molar-refractivity contribution >= 4 is 17.8 Å². The smallest absolute Gasteiger partial charge is 0.343 e. The molecule has 0 unspecified atom stereocenters. The maximum atomic E-state index is 13.7. The maximum absolute atomic E-state index is 13.7. The van der Waals surface area contributed by atoms with Gasteiger partial charge in [0.2, 0.25) is 0 Å². The first-order chi connectivity index (χ1) is 14.1. The van der Waals surface area contributed by atoms with E-state index in [4.69, 9.17) is 9.47 Å². The molecule has 3 nitrogen and oxygen atoms in total. The zero-order valence-electron chi connectivity index (χ0n) is 15.9. The van der Waals surface area contributed by atoms with Crippen molar-refractivity contribution in [3.8, 4) is 5.75 Å². The molecule has 3 aromatic carbocycles. The van der Waals surface area contributed by atoms with Gasteiger partial charge in [-0.25, -0.2) is 9.18 Å². The molecule has 0 fully saturated rings. The number of carbonyl (C=O) groups excluding carboxylic acids is 1. The highest BCUT2D eigenvalue weighted by Crippen LogP contribution is 2.28. The normalized spacial score (nSPS) is 14.6. The topological polar surface area (TPSA) is 35.5 Å². The molecule has 29 heavy (non-hydrogen) atoms. The molecule has 4 heteroatoms. The maximum Gasteiger partial charge on any atom is 0.343 e. The summed E-state index contributed by atoms with van der Waals surface area (Å²) in [6.07, 6.45) is 3.51. The van der Waals surface area contributed by atoms with Gasteiger partial charge in [-0.3, -0.25) is 0 Å². The second kappa shape index (κ2) is 8.15. The lowest BCUT2D eigenvalue weighted by atomic mass is 10.1. The Bertz CT molecular complexity index is 1090. The van der Waals surface area contributed by atoms with Crippen LogP contribution in [-0.2, 0) is 16.1 Å². The quantitative estimate of drug-likeness (QED) is 0.417. The number of ether oxygens (including phenoxy) is 2. The summed E-state index contributed by atoms with van der Waals surface area (Å²) in [6, 6.07) is 21.6. The number of cyclic esters (lactones) is 1. The van der Waals surface area contributed by atoms with E-state index in [1.807, 2.05) is 43.3 Å². The summed E-state index contributed by atoms with van der Waals surface area (Å²) < 4.78 is 24.7. The van der Waals surface area contributed by atoms with E-state index in [9.17, 15) is 9.18 Å². The van der Waals surface area contributed by atoms with E-state index in [1.54, 1.807) is 42.5 Å². The first-order valence-electron chi connectivity index (χ1n) is 9.27. The molecule has 4 rings (SSSR count). The van der Waals surface area contributed by atoms with Crippen LogP contribution >= 0.6 is 0 Å². The Kier molecular flexibility index (Phi) is 5.25. The zero-order valence-corrected chi connectivity index (χ0v) is 15.9. The van der Waals surface area contributed by atoms with E-state index in [2.05, 4.69) is 0 Å². The Balaban J connectivity index is 1.46. The molecular weight excluding hydrogens is 367 g/mol. The third-order valence-electron chi connectivity index (χ3n) is 4.62. The van der Waals surface area contributed by atoms with Crippen LogP contribution in [0.15, 0.2) is 84.4 Å². The first kappa shape index (κ1) is 18.7. The van der Waals surface area contributed by atoms with Gasteiger partial charge in [-0.05, 0) is 42.8 Å². The van der Waals surface area contributed by atoms with Crippen LogP contribution in [0.1, 0.15) is 22.3 Å². The molecule has 0 bridgehead atoms. The van der Waals surface area contributed by atoms with Gasteiger partial charge >= 0.3 is 5.97 Å². The second-order valence-corrected chi connectivity index (χ2v) is 6.81. The van der Waals surface area contributed by atoms with Crippen LogP contribution in [0.2, 0.25) is 0 Å². The zero-order chi connectivity index (χ0) is 20.2. The Morgan fingerprint density at radius 3 is 2.41 bits per heavy atom. The number of hydrogen-bond acceptors (Lipinski definition) is 3. The third-order valence-corrected chi connectivity index (χ3v) is 4.62. The number of rotatable bonds is 5. The molecule has 0 atom stereocenters. The summed E-state index contributed by atoms with van der Waals surface area (Å²) in [6.45, 7) is 2.16. The fraction of sp³-hybridized carbons (Fsp3) is 0.0800. The predicted octanol–water partition coefficient (Wildman–Crippen LogP) is 5.69. The van der Waals surface area contributed by atoms with Crippen molar-refractivity contribution in [3.63, 3.8) is 0 Å². The van der Waals surface area contributed by atoms with Crippen molar-refractivity contribution in [2.45, 2.75) is 13.5 Å². The second-order valence-electron chi connectivity index (χ2n) is 6.81. The van der Waals surface area contributed by atoms with Gasteiger partial charge < -0.3 is 9.47 Å². The van der Waals surface area contributed by atoms with E-state index in [0.29, 0.717) is 22.6 Å². The highest BCUT2D eigenvalue weighted by molar-refractivity contribution is 6.05. The molecule has 0 saturated carbocycles. The van der Waals surface area contributed by atoms with E-state index >= 15 is 0 Å². The number of hydrogen-bond donors (Lipinski definition) is 0. The monoisotopic (exact) mass is 386 g/mol. The van der Waals surface area contributed by atoms with Crippen molar-refractivity contribution in [1.82, 2.24) is 0 Å². The molecule has 0 amide bonds. The highest BCUT2D eigenvalue weighted by Gasteiger charge is 2.21. The van der Waals surface area contributed by atoms with Crippen molar-refractivity contribution in [2.24, 2.45) is 0 Å². The van der Waals surface area contributed by atoms with Gasteiger partial charge in [0.25, 0.3) is 0 Å². The lowest BCUT2D eigenvalue weighted by Crippen LogP contribution is -1.98. The van der Waals surface area contributed by atoms with Gasteiger partial charge in [0, 0.05) is 11.1 Å². The molecule has 0 aromatic heterocycles. The minimum Gasteiger partial charge on any atom is -0.489 e. The minimum absolute atomic E-state index is 0.155. The summed E-state index contributed by atoms with van der Waals surface area (Å²) in [5.41, 5.74) is 3.84. The van der Waals surface area contributed by atoms with E-state index in [1.165, 1.54) is 6.07 Å². The third kappa shape index (κ3) is 4.43. The SMILES string of the molecule is Cc1ccc(C2=C/C(=C\c3ccc(OCc4ccccc4F)cc3)C(=O)O2)cc1. The summed E-state index contributed by atoms with van der Waals surface area (Å²) in [5, 5.41) is 0. The van der Waals surface area contributed by atoms with Gasteiger partial charge in [-0.2, -0.15) is 0 Å². The van der Waals surface area contributed by atoms with Crippen molar-refractivity contribution in [2.75, 3.05) is 0 Å². The van der Waals surface area contributed by atoms with Gasteiger partial charge in [0.1, 0.15) is 23.9 Å². The van der Waals surface area contributed by atoms with Crippen LogP contribution in [0.4, 0.5) is 4.39 Å². The first-order valence-corrected chi connectivity index (χ1v) is 9.27. The van der Waals surface area contributed by atoms with Crippen LogP contribution in [0.5, 0.6) is 5.75 Å². The molecule has 0 radical (unpaired) electrons. The molecule has 1 aliphatic heterocycles. The van der Waals surface area contributed by atoms with Crippen LogP contribution in [0.3, 0.4) is 0 Å². The standard InChI is InChI=1S/C25H19FO3/c1-17-6-10-19(11-7-17)24-15-21(25(27)29-24)14-18-8-12-22(13-9-18)28-16-20-4-2-3-5-23(20)26/h2-15H,16H2,1H3/b21-14+. The predicted molar refractivity (Wildman–Crippen MR) is 110 cm³/mol. The molecule has 144 valence electrons. The average Bonchev–Trinajstić information content (AvgIpc) is 3.09. The van der Waals surface area contributed by atoms with Gasteiger partial charge in [-0.15, -0.1) is 0 Å². The Labute approximate surface area is 168 Å². The molecule has 1 aliphatic rings. The van der Waals surface area contributed by atoms with E-state index in [0.717, 1.165) is 16.7 Å². The van der Waals surface area contributed by atoms with Gasteiger partial charge in [-0.1, -0.05) is 60.2 Å². The minimum atomic E-state index is -0.375. The summed E-state index contributed by atoms with van der Waals surface area (Å²) in [4.78, 5) is 12.2. The largest absolute Gasteiger partial charge is 0.489 e. The Morgan fingerprint density at radius 1 is 0.966 bits per heavy atom. The van der Waals surface area contributed by atoms with E-state index < -0.39 is 0 Å². The van der Waals surface area contributed by atoms with Crippen LogP contribution < -0.4 is 4.74 Å². The lowest BCUT2D eigenvalue weighted by molar-refractivity contribution is -0.130. The van der Waals surface area contributed by atoms with Gasteiger partial charge in [0.15, 0.2) is 0 Å². The van der Waals surface area contributed by atoms with Crippen LogP contribution in [0.25, 0.3) is 11.8 Å². The lowest BCUT2D eigenvalue weighted by Gasteiger charge is -2.07. The molecule has 0 aliphatic carbocycles.